The maximum absolute atomic E-state index is 11.0. The third kappa shape index (κ3) is 2.38. The highest BCUT2D eigenvalue weighted by Gasteiger charge is 2.13. The molecule has 0 atom stereocenters. The van der Waals surface area contributed by atoms with Crippen molar-refractivity contribution in [2.24, 2.45) is 7.05 Å². The van der Waals surface area contributed by atoms with Crippen LogP contribution < -0.4 is 5.32 Å². The summed E-state index contributed by atoms with van der Waals surface area (Å²) in [5.41, 5.74) is 1.38. The Bertz CT molecular complexity index is 813. The van der Waals surface area contributed by atoms with Gasteiger partial charge < -0.3 is 5.32 Å². The Balaban J connectivity index is 1.89. The van der Waals surface area contributed by atoms with Crippen LogP contribution in [-0.4, -0.2) is 24.7 Å². The predicted octanol–water partition coefficient (Wildman–Crippen LogP) is 1.88. The number of nitro benzene ring substituents is 1. The van der Waals surface area contributed by atoms with E-state index in [1.165, 1.54) is 12.4 Å². The van der Waals surface area contributed by atoms with Crippen molar-refractivity contribution in [3.63, 3.8) is 0 Å². The third-order valence-electron chi connectivity index (χ3n) is 3.16. The maximum Gasteiger partial charge on any atom is 0.274 e. The van der Waals surface area contributed by atoms with Crippen LogP contribution >= 0.6 is 0 Å². The van der Waals surface area contributed by atoms with Crippen molar-refractivity contribution < 1.29 is 4.92 Å². The summed E-state index contributed by atoms with van der Waals surface area (Å²) >= 11 is 0. The minimum Gasteiger partial charge on any atom is -0.365 e. The van der Waals surface area contributed by atoms with Gasteiger partial charge in [0.1, 0.15) is 12.1 Å². The summed E-state index contributed by atoms with van der Waals surface area (Å²) in [6.45, 7) is 0.304. The Labute approximate surface area is 119 Å². The second-order valence-corrected chi connectivity index (χ2v) is 4.47. The molecule has 3 aromatic rings. The van der Waals surface area contributed by atoms with Gasteiger partial charge in [-0.2, -0.15) is 5.10 Å². The highest BCUT2D eigenvalue weighted by molar-refractivity contribution is 5.85. The van der Waals surface area contributed by atoms with Crippen LogP contribution in [0.1, 0.15) is 5.56 Å². The molecule has 0 unspecified atom stereocenters. The maximum atomic E-state index is 11.0. The van der Waals surface area contributed by atoms with Crippen molar-refractivity contribution in [2.75, 3.05) is 5.32 Å². The largest absolute Gasteiger partial charge is 0.365 e. The van der Waals surface area contributed by atoms with E-state index in [4.69, 9.17) is 0 Å². The molecular weight excluding hydrogens is 272 g/mol. The fourth-order valence-corrected chi connectivity index (χ4v) is 2.12. The van der Waals surface area contributed by atoms with Gasteiger partial charge in [0.15, 0.2) is 5.65 Å². The predicted molar refractivity (Wildman–Crippen MR) is 76.7 cm³/mol. The highest BCUT2D eigenvalue weighted by atomic mass is 16.6. The van der Waals surface area contributed by atoms with Gasteiger partial charge >= 0.3 is 0 Å². The first-order chi connectivity index (χ1) is 10.2. The van der Waals surface area contributed by atoms with Gasteiger partial charge in [0, 0.05) is 25.2 Å². The first kappa shape index (κ1) is 13.0. The van der Waals surface area contributed by atoms with Crippen molar-refractivity contribution in [2.45, 2.75) is 6.54 Å². The number of nitrogens with one attached hydrogen (secondary N) is 1. The van der Waals surface area contributed by atoms with E-state index >= 15 is 0 Å². The summed E-state index contributed by atoms with van der Waals surface area (Å²) in [6.07, 6.45) is 3.10. The molecule has 0 saturated carbocycles. The fraction of sp³-hybridized carbons (Fsp3) is 0.154. The number of aryl methyl sites for hydroxylation is 1. The molecule has 106 valence electrons. The number of fused-ring (bicyclic) bond motifs is 1. The van der Waals surface area contributed by atoms with E-state index in [0.29, 0.717) is 23.6 Å². The minimum absolute atomic E-state index is 0.0847. The zero-order chi connectivity index (χ0) is 14.8. The van der Waals surface area contributed by atoms with E-state index in [9.17, 15) is 10.1 Å². The zero-order valence-corrected chi connectivity index (χ0v) is 11.2. The number of anilines is 1. The Kier molecular flexibility index (Phi) is 3.19. The van der Waals surface area contributed by atoms with Crippen LogP contribution in [0.2, 0.25) is 0 Å². The lowest BCUT2D eigenvalue weighted by Gasteiger charge is -2.06. The molecule has 8 heteroatoms. The van der Waals surface area contributed by atoms with Gasteiger partial charge in [-0.25, -0.2) is 9.97 Å². The Morgan fingerprint density at radius 3 is 2.95 bits per heavy atom. The van der Waals surface area contributed by atoms with Gasteiger partial charge in [0.25, 0.3) is 5.69 Å². The molecule has 2 heterocycles. The molecule has 0 aliphatic carbocycles. The lowest BCUT2D eigenvalue weighted by Crippen LogP contribution is -2.05. The van der Waals surface area contributed by atoms with Gasteiger partial charge in [-0.3, -0.25) is 14.8 Å². The molecule has 21 heavy (non-hydrogen) atoms. The molecule has 1 aromatic carbocycles. The number of benzene rings is 1. The molecule has 3 rings (SSSR count). The topological polar surface area (TPSA) is 98.8 Å². The quantitative estimate of drug-likeness (QED) is 0.580. The lowest BCUT2D eigenvalue weighted by molar-refractivity contribution is -0.385. The molecule has 8 nitrogen and oxygen atoms in total. The van der Waals surface area contributed by atoms with E-state index < -0.39 is 4.92 Å². The fourth-order valence-electron chi connectivity index (χ4n) is 2.12. The molecule has 0 aliphatic heterocycles. The van der Waals surface area contributed by atoms with E-state index in [1.54, 1.807) is 36.1 Å². The molecule has 0 spiro atoms. The summed E-state index contributed by atoms with van der Waals surface area (Å²) in [6, 6.07) is 6.61. The Hall–Kier alpha value is -3.03. The number of hydrogen-bond acceptors (Lipinski definition) is 6. The first-order valence-electron chi connectivity index (χ1n) is 6.25. The van der Waals surface area contributed by atoms with Crippen molar-refractivity contribution in [3.8, 4) is 0 Å². The second-order valence-electron chi connectivity index (χ2n) is 4.47. The van der Waals surface area contributed by atoms with Crippen LogP contribution in [0.25, 0.3) is 11.0 Å². The van der Waals surface area contributed by atoms with Crippen LogP contribution in [0.3, 0.4) is 0 Å². The summed E-state index contributed by atoms with van der Waals surface area (Å²) in [5.74, 6) is 0.603. The summed E-state index contributed by atoms with van der Waals surface area (Å²) in [4.78, 5) is 18.9. The lowest BCUT2D eigenvalue weighted by atomic mass is 10.2. The SMILES string of the molecule is Cn1ncc2c(NCc3ccccc3[N+](=O)[O-])ncnc21. The van der Waals surface area contributed by atoms with Gasteiger partial charge in [0.05, 0.1) is 16.5 Å². The van der Waals surface area contributed by atoms with E-state index in [0.717, 1.165) is 5.39 Å². The first-order valence-corrected chi connectivity index (χ1v) is 6.25. The number of nitrogens with zero attached hydrogens (tertiary/aromatic N) is 5. The summed E-state index contributed by atoms with van der Waals surface area (Å²) < 4.78 is 1.65. The Morgan fingerprint density at radius 1 is 1.33 bits per heavy atom. The van der Waals surface area contributed by atoms with E-state index in [2.05, 4.69) is 20.4 Å². The number of aromatic nitrogens is 4. The number of nitro groups is 1. The summed E-state index contributed by atoms with van der Waals surface area (Å²) in [5, 5.41) is 19.0. The summed E-state index contributed by atoms with van der Waals surface area (Å²) in [7, 11) is 1.79. The van der Waals surface area contributed by atoms with Crippen molar-refractivity contribution >= 4 is 22.5 Å². The molecule has 1 N–H and O–H groups in total. The number of hydrogen-bond donors (Lipinski definition) is 1. The average molecular weight is 284 g/mol. The van der Waals surface area contributed by atoms with Crippen LogP contribution in [0, 0.1) is 10.1 Å². The van der Waals surface area contributed by atoms with Gasteiger partial charge in [0.2, 0.25) is 0 Å². The van der Waals surface area contributed by atoms with Crippen molar-refractivity contribution in [1.82, 2.24) is 19.7 Å². The van der Waals surface area contributed by atoms with Crippen LogP contribution in [-0.2, 0) is 13.6 Å². The molecular formula is C13H12N6O2. The molecule has 0 radical (unpaired) electrons. The monoisotopic (exact) mass is 284 g/mol. The highest BCUT2D eigenvalue weighted by Crippen LogP contribution is 2.21. The van der Waals surface area contributed by atoms with E-state index in [-0.39, 0.29) is 5.69 Å². The van der Waals surface area contributed by atoms with E-state index in [1.807, 2.05) is 0 Å². The third-order valence-corrected chi connectivity index (χ3v) is 3.16. The second kappa shape index (κ2) is 5.16. The molecule has 0 aliphatic rings. The van der Waals surface area contributed by atoms with Gasteiger partial charge in [-0.15, -0.1) is 0 Å². The molecule has 0 saturated heterocycles. The normalized spacial score (nSPS) is 10.7. The number of para-hydroxylation sites is 1. The van der Waals surface area contributed by atoms with Gasteiger partial charge in [-0.1, -0.05) is 18.2 Å². The molecule has 2 aromatic heterocycles. The zero-order valence-electron chi connectivity index (χ0n) is 11.2. The number of rotatable bonds is 4. The standard InChI is InChI=1S/C13H12N6O2/c1-18-13-10(7-17-18)12(15-8-16-13)14-6-9-4-2-3-5-11(9)19(20)21/h2-5,7-8H,6H2,1H3,(H,14,15,16). The van der Waals surface area contributed by atoms with Crippen LogP contribution in [0.4, 0.5) is 11.5 Å². The smallest absolute Gasteiger partial charge is 0.274 e. The van der Waals surface area contributed by atoms with Crippen LogP contribution in [0.15, 0.2) is 36.8 Å². The Morgan fingerprint density at radius 2 is 2.14 bits per heavy atom. The molecule has 0 amide bonds. The average Bonchev–Trinajstić information content (AvgIpc) is 2.87. The molecule has 0 bridgehead atoms. The van der Waals surface area contributed by atoms with Gasteiger partial charge in [-0.05, 0) is 0 Å². The van der Waals surface area contributed by atoms with Crippen LogP contribution in [0.5, 0.6) is 0 Å². The van der Waals surface area contributed by atoms with Crippen molar-refractivity contribution in [3.05, 3.63) is 52.5 Å². The van der Waals surface area contributed by atoms with Crippen molar-refractivity contribution in [1.29, 1.82) is 0 Å². The minimum atomic E-state index is -0.392. The molecule has 0 fully saturated rings.